The van der Waals surface area contributed by atoms with E-state index in [0.29, 0.717) is 30.8 Å². The molecule has 4 N–H and O–H groups in total. The lowest BCUT2D eigenvalue weighted by Gasteiger charge is -2.54. The Balaban J connectivity index is 1.53. The largest absolute Gasteiger partial charge is 0.494 e. The summed E-state index contributed by atoms with van der Waals surface area (Å²) in [5, 5.41) is 15.2. The lowest BCUT2D eigenvalue weighted by atomic mass is 9.68. The van der Waals surface area contributed by atoms with Crippen LogP contribution in [0.15, 0.2) is 32.8 Å². The summed E-state index contributed by atoms with van der Waals surface area (Å²) in [5.41, 5.74) is -1.14. The second-order valence-corrected chi connectivity index (χ2v) is 10.1. The highest BCUT2D eigenvalue weighted by Gasteiger charge is 2.60. The van der Waals surface area contributed by atoms with Gasteiger partial charge in [0.05, 0.1) is 11.7 Å². The van der Waals surface area contributed by atoms with Crippen LogP contribution in [0.4, 0.5) is 16.2 Å². The van der Waals surface area contributed by atoms with Gasteiger partial charge in [-0.3, -0.25) is 44.5 Å². The summed E-state index contributed by atoms with van der Waals surface area (Å²) < 4.78 is 1.10. The molecule has 13 nitrogen and oxygen atoms in total. The van der Waals surface area contributed by atoms with Crippen molar-refractivity contribution in [3.8, 4) is 5.88 Å². The van der Waals surface area contributed by atoms with Crippen LogP contribution in [-0.4, -0.2) is 75.8 Å². The topological polar surface area (TPSA) is 169 Å². The summed E-state index contributed by atoms with van der Waals surface area (Å²) in [6.07, 6.45) is 2.69. The number of hydrogen-bond acceptors (Lipinski definition) is 9. The molecule has 1 aromatic heterocycles. The van der Waals surface area contributed by atoms with E-state index in [1.165, 1.54) is 6.21 Å². The standard InChI is InChI=1S/C26H31N7O6/c1-3-5-8-33-21(35)17(20(34)28-25(33)39)13-27-16-6-7-18-15(11-16)12-26(22(36)29-24(38)30-23(26)37)19-14-31(4-2)9-10-32(18)19/h6-7,11,13,19,35H,3-5,8-10,12,14H2,1-2H3,(H,28,34,39)(H2,29,30,36,37,38)/t19-/m0/s1. The van der Waals surface area contributed by atoms with E-state index in [0.717, 1.165) is 29.8 Å². The van der Waals surface area contributed by atoms with E-state index in [9.17, 15) is 29.1 Å². The smallest absolute Gasteiger partial charge is 0.331 e. The minimum atomic E-state index is -1.51. The molecule has 0 unspecified atom stereocenters. The van der Waals surface area contributed by atoms with Crippen molar-refractivity contribution in [3.63, 3.8) is 0 Å². The number of carbonyl (C=O) groups excluding carboxylic acids is 3. The molecule has 5 rings (SSSR count). The molecule has 4 amide bonds. The number of anilines is 1. The number of carbonyl (C=O) groups is 3. The lowest BCUT2D eigenvalue weighted by Crippen LogP contribution is -2.74. The van der Waals surface area contributed by atoms with Gasteiger partial charge in [-0.05, 0) is 43.1 Å². The van der Waals surface area contributed by atoms with Crippen LogP contribution in [0.2, 0.25) is 0 Å². The Bertz CT molecular complexity index is 1470. The summed E-state index contributed by atoms with van der Waals surface area (Å²) in [6.45, 7) is 6.81. The summed E-state index contributed by atoms with van der Waals surface area (Å²) in [4.78, 5) is 73.8. The highest BCUT2D eigenvalue weighted by Crippen LogP contribution is 2.45. The fraction of sp³-hybridized carbons (Fsp3) is 0.462. The molecule has 4 heterocycles. The molecule has 0 radical (unpaired) electrons. The lowest BCUT2D eigenvalue weighted by molar-refractivity contribution is -0.147. The van der Waals surface area contributed by atoms with Crippen LogP contribution in [-0.2, 0) is 22.6 Å². The first-order valence-electron chi connectivity index (χ1n) is 13.1. The average molecular weight is 538 g/mol. The number of imide groups is 2. The molecule has 1 spiro atoms. The van der Waals surface area contributed by atoms with E-state index in [1.807, 2.05) is 24.8 Å². The molecule has 1 aromatic carbocycles. The first kappa shape index (κ1) is 26.4. The van der Waals surface area contributed by atoms with E-state index in [4.69, 9.17) is 0 Å². The monoisotopic (exact) mass is 537 g/mol. The van der Waals surface area contributed by atoms with Gasteiger partial charge < -0.3 is 10.0 Å². The molecule has 2 fully saturated rings. The number of aromatic hydroxyl groups is 1. The van der Waals surface area contributed by atoms with E-state index in [2.05, 4.69) is 25.5 Å². The maximum Gasteiger partial charge on any atom is 0.331 e. The van der Waals surface area contributed by atoms with Gasteiger partial charge in [-0.25, -0.2) is 9.59 Å². The minimum absolute atomic E-state index is 0.0586. The number of H-pyrrole nitrogens is 1. The molecule has 2 aromatic rings. The van der Waals surface area contributed by atoms with Gasteiger partial charge in [0.1, 0.15) is 5.56 Å². The van der Waals surface area contributed by atoms with Crippen LogP contribution >= 0.6 is 0 Å². The zero-order valence-electron chi connectivity index (χ0n) is 21.8. The number of hydrogen-bond donors (Lipinski definition) is 4. The summed E-state index contributed by atoms with van der Waals surface area (Å²) >= 11 is 0. The number of fused-ring (bicyclic) bond motifs is 4. The van der Waals surface area contributed by atoms with Gasteiger partial charge in [-0.1, -0.05) is 20.3 Å². The third kappa shape index (κ3) is 4.42. The summed E-state index contributed by atoms with van der Waals surface area (Å²) in [7, 11) is 0. The SMILES string of the molecule is CCCCn1c(O)c(C=Nc2ccc3c(c2)CC2(C(=O)NC(=O)NC2=O)[C@@H]2CN(CC)CCN32)c(=O)[nH]c1=O. The number of benzene rings is 1. The first-order valence-corrected chi connectivity index (χ1v) is 13.1. The number of nitrogens with one attached hydrogen (secondary N) is 3. The van der Waals surface area contributed by atoms with Crippen molar-refractivity contribution in [3.05, 3.63) is 50.2 Å². The second-order valence-electron chi connectivity index (χ2n) is 10.1. The maximum absolute atomic E-state index is 13.3. The molecule has 39 heavy (non-hydrogen) atoms. The molecule has 3 aliphatic rings. The average Bonchev–Trinajstić information content (AvgIpc) is 2.90. The Labute approximate surface area is 223 Å². The van der Waals surface area contributed by atoms with Crippen LogP contribution < -0.4 is 26.8 Å². The van der Waals surface area contributed by atoms with Gasteiger partial charge in [0.25, 0.3) is 5.56 Å². The van der Waals surface area contributed by atoms with E-state index >= 15 is 0 Å². The number of aromatic amines is 1. The van der Waals surface area contributed by atoms with Gasteiger partial charge in [-0.2, -0.15) is 0 Å². The third-order valence-corrected chi connectivity index (χ3v) is 7.87. The summed E-state index contributed by atoms with van der Waals surface area (Å²) in [6, 6.07) is 4.03. The number of amides is 4. The minimum Gasteiger partial charge on any atom is -0.494 e. The molecular formula is C26H31N7O6. The number of urea groups is 1. The van der Waals surface area contributed by atoms with E-state index in [-0.39, 0.29) is 18.5 Å². The number of aromatic nitrogens is 2. The highest BCUT2D eigenvalue weighted by molar-refractivity contribution is 6.20. The maximum atomic E-state index is 13.3. The number of aliphatic imine (C=N–C) groups is 1. The Morgan fingerprint density at radius 3 is 2.54 bits per heavy atom. The van der Waals surface area contributed by atoms with Crippen molar-refractivity contribution in [2.75, 3.05) is 31.1 Å². The van der Waals surface area contributed by atoms with Gasteiger partial charge in [-0.15, -0.1) is 0 Å². The number of nitrogens with zero attached hydrogens (tertiary/aromatic N) is 4. The predicted octanol–water partition coefficient (Wildman–Crippen LogP) is 0.212. The molecule has 206 valence electrons. The zero-order chi connectivity index (χ0) is 27.9. The van der Waals surface area contributed by atoms with Gasteiger partial charge in [0.2, 0.25) is 17.7 Å². The molecule has 0 bridgehead atoms. The summed E-state index contributed by atoms with van der Waals surface area (Å²) in [5.74, 6) is -1.72. The molecule has 13 heteroatoms. The zero-order valence-corrected chi connectivity index (χ0v) is 21.8. The molecule has 1 atom stereocenters. The van der Waals surface area contributed by atoms with Crippen molar-refractivity contribution in [1.29, 1.82) is 0 Å². The normalized spacial score (nSPS) is 20.6. The van der Waals surface area contributed by atoms with Gasteiger partial charge in [0, 0.05) is 38.1 Å². The van der Waals surface area contributed by atoms with Crippen molar-refractivity contribution < 1.29 is 19.5 Å². The number of likely N-dealkylation sites (N-methyl/N-ethyl adjacent to an activating group) is 1. The van der Waals surface area contributed by atoms with E-state index < -0.39 is 46.4 Å². The Kier molecular flexibility index (Phi) is 6.85. The second kappa shape index (κ2) is 10.1. The Hall–Kier alpha value is -4.26. The van der Waals surface area contributed by atoms with Gasteiger partial charge in [0.15, 0.2) is 5.41 Å². The fourth-order valence-corrected chi connectivity index (χ4v) is 5.71. The van der Waals surface area contributed by atoms with Gasteiger partial charge >= 0.3 is 11.7 Å². The fourth-order valence-electron chi connectivity index (χ4n) is 5.71. The van der Waals surface area contributed by atoms with Crippen LogP contribution in [0.3, 0.4) is 0 Å². The third-order valence-electron chi connectivity index (χ3n) is 7.87. The molecular weight excluding hydrogens is 506 g/mol. The van der Waals surface area contributed by atoms with Crippen molar-refractivity contribution in [1.82, 2.24) is 25.1 Å². The quantitative estimate of drug-likeness (QED) is 0.299. The van der Waals surface area contributed by atoms with E-state index in [1.54, 1.807) is 12.1 Å². The Morgan fingerprint density at radius 1 is 1.10 bits per heavy atom. The van der Waals surface area contributed by atoms with Crippen LogP contribution in [0, 0.1) is 5.41 Å². The number of rotatable bonds is 6. The Morgan fingerprint density at radius 2 is 1.85 bits per heavy atom. The molecule has 3 aliphatic heterocycles. The molecule has 0 aliphatic carbocycles. The van der Waals surface area contributed by atoms with Crippen molar-refractivity contribution >= 4 is 35.4 Å². The van der Waals surface area contributed by atoms with Crippen LogP contribution in [0.5, 0.6) is 5.88 Å². The number of unbranched alkanes of at least 4 members (excludes halogenated alkanes) is 1. The first-order chi connectivity index (χ1) is 18.7. The van der Waals surface area contributed by atoms with Crippen molar-refractivity contribution in [2.45, 2.75) is 45.7 Å². The number of barbiturate groups is 1. The predicted molar refractivity (Wildman–Crippen MR) is 143 cm³/mol. The van der Waals surface area contributed by atoms with Crippen molar-refractivity contribution in [2.24, 2.45) is 10.4 Å². The van der Waals surface area contributed by atoms with Crippen LogP contribution in [0.1, 0.15) is 37.8 Å². The highest BCUT2D eigenvalue weighted by atomic mass is 16.3. The van der Waals surface area contributed by atoms with Crippen LogP contribution in [0.25, 0.3) is 0 Å². The molecule has 2 saturated heterocycles. The molecule has 0 saturated carbocycles. The number of piperazine rings is 1.